The highest BCUT2D eigenvalue weighted by molar-refractivity contribution is 5.94. The molecule has 0 amide bonds. The lowest BCUT2D eigenvalue weighted by atomic mass is 10.1. The van der Waals surface area contributed by atoms with Gasteiger partial charge in [-0.1, -0.05) is 6.42 Å². The minimum atomic E-state index is -0.455. The van der Waals surface area contributed by atoms with Crippen molar-refractivity contribution in [3.63, 3.8) is 0 Å². The highest BCUT2D eigenvalue weighted by Crippen LogP contribution is 2.17. The van der Waals surface area contributed by atoms with E-state index in [9.17, 15) is 9.59 Å². The number of allylic oxidation sites excluding steroid dienone is 1. The summed E-state index contributed by atoms with van der Waals surface area (Å²) in [6.45, 7) is 4.96. The quantitative estimate of drug-likeness (QED) is 0.617. The number of nitrogens with one attached hydrogen (secondary N) is 1. The number of carbonyl (C=O) groups excluding carboxylic acids is 2. The Kier molecular flexibility index (Phi) is 7.47. The van der Waals surface area contributed by atoms with Crippen molar-refractivity contribution in [2.24, 2.45) is 0 Å². The van der Waals surface area contributed by atoms with Crippen LogP contribution >= 0.6 is 0 Å². The molecule has 0 aromatic carbocycles. The molecule has 0 atom stereocenters. The molecule has 1 aliphatic rings. The summed E-state index contributed by atoms with van der Waals surface area (Å²) >= 11 is 0. The summed E-state index contributed by atoms with van der Waals surface area (Å²) in [6.07, 6.45) is 6.80. The predicted molar refractivity (Wildman–Crippen MR) is 75.9 cm³/mol. The molecule has 0 saturated carbocycles. The second kappa shape index (κ2) is 9.18. The monoisotopic (exact) mass is 281 g/mol. The van der Waals surface area contributed by atoms with E-state index in [1.54, 1.807) is 13.8 Å². The van der Waals surface area contributed by atoms with E-state index in [1.165, 1.54) is 12.2 Å². The number of rotatable bonds is 5. The van der Waals surface area contributed by atoms with Crippen LogP contribution < -0.4 is 5.32 Å². The number of hydrogen-bond donors (Lipinski definition) is 1. The van der Waals surface area contributed by atoms with Gasteiger partial charge >= 0.3 is 11.9 Å². The van der Waals surface area contributed by atoms with Crippen LogP contribution in [-0.2, 0) is 19.1 Å². The zero-order valence-corrected chi connectivity index (χ0v) is 12.2. The lowest BCUT2D eigenvalue weighted by molar-refractivity contribution is -0.138. The van der Waals surface area contributed by atoms with Crippen LogP contribution in [0.5, 0.6) is 0 Å². The molecule has 1 saturated heterocycles. The lowest BCUT2D eigenvalue weighted by Crippen LogP contribution is -2.19. The highest BCUT2D eigenvalue weighted by Gasteiger charge is 2.16. The van der Waals surface area contributed by atoms with Gasteiger partial charge in [-0.3, -0.25) is 0 Å². The first-order valence-electron chi connectivity index (χ1n) is 7.18. The first kappa shape index (κ1) is 16.3. The van der Waals surface area contributed by atoms with Gasteiger partial charge in [0.1, 0.15) is 0 Å². The van der Waals surface area contributed by atoms with Crippen molar-refractivity contribution in [1.82, 2.24) is 5.32 Å². The molecule has 1 rings (SSSR count). The Labute approximate surface area is 120 Å². The number of ether oxygens (including phenoxy) is 2. The van der Waals surface area contributed by atoms with Crippen molar-refractivity contribution in [3.05, 3.63) is 23.4 Å². The zero-order valence-electron chi connectivity index (χ0n) is 12.2. The van der Waals surface area contributed by atoms with E-state index in [0.29, 0.717) is 18.8 Å². The van der Waals surface area contributed by atoms with Gasteiger partial charge < -0.3 is 14.8 Å². The standard InChI is InChI=1S/C15H23NO4/c1-3-19-14(17)10-9-12(15(18)20-4-2)13-8-6-5-7-11-16-13/h9-10,16H,3-8,11H2,1-2H3/b10-9+,13-12-. The molecule has 5 heteroatoms. The molecule has 0 unspecified atom stereocenters. The van der Waals surface area contributed by atoms with Crippen LogP contribution in [0, 0.1) is 0 Å². The molecule has 1 heterocycles. The molecule has 0 radical (unpaired) electrons. The maximum absolute atomic E-state index is 12.0. The van der Waals surface area contributed by atoms with Crippen LogP contribution in [0.4, 0.5) is 0 Å². The molecule has 1 fully saturated rings. The number of esters is 2. The van der Waals surface area contributed by atoms with Crippen molar-refractivity contribution in [2.45, 2.75) is 39.5 Å². The highest BCUT2D eigenvalue weighted by atomic mass is 16.5. The normalized spacial score (nSPS) is 18.1. The molecule has 0 aliphatic carbocycles. The lowest BCUT2D eigenvalue weighted by Gasteiger charge is -2.11. The van der Waals surface area contributed by atoms with Crippen LogP contribution in [-0.4, -0.2) is 31.7 Å². The molecule has 0 spiro atoms. The van der Waals surface area contributed by atoms with Gasteiger partial charge in [0.15, 0.2) is 0 Å². The average Bonchev–Trinajstić information content (AvgIpc) is 2.69. The minimum Gasteiger partial charge on any atom is -0.463 e. The number of hydrogen-bond acceptors (Lipinski definition) is 5. The van der Waals surface area contributed by atoms with Crippen LogP contribution in [0.2, 0.25) is 0 Å². The SMILES string of the molecule is CCOC(=O)/C=C/C(C(=O)OCC)=C1\CCCCCN1. The smallest absolute Gasteiger partial charge is 0.339 e. The topological polar surface area (TPSA) is 64.6 Å². The van der Waals surface area contributed by atoms with E-state index in [1.807, 2.05) is 0 Å². The Bertz CT molecular complexity index is 389. The van der Waals surface area contributed by atoms with Gasteiger partial charge in [-0.15, -0.1) is 0 Å². The molecular formula is C15H23NO4. The molecule has 0 aromatic heterocycles. The summed E-state index contributed by atoms with van der Waals surface area (Å²) < 4.78 is 9.87. The molecule has 1 aliphatic heterocycles. The third kappa shape index (κ3) is 5.47. The Hall–Kier alpha value is -1.78. The van der Waals surface area contributed by atoms with E-state index in [-0.39, 0.29) is 0 Å². The molecular weight excluding hydrogens is 258 g/mol. The summed E-state index contributed by atoms with van der Waals surface area (Å²) in [5.74, 6) is -0.860. The van der Waals surface area contributed by atoms with Gasteiger partial charge in [-0.25, -0.2) is 9.59 Å². The molecule has 20 heavy (non-hydrogen) atoms. The summed E-state index contributed by atoms with van der Waals surface area (Å²) in [5.41, 5.74) is 1.27. The zero-order chi connectivity index (χ0) is 14.8. The van der Waals surface area contributed by atoms with Gasteiger partial charge in [-0.05, 0) is 39.2 Å². The Morgan fingerprint density at radius 2 is 1.85 bits per heavy atom. The molecule has 0 aromatic rings. The molecule has 0 bridgehead atoms. The Morgan fingerprint density at radius 1 is 1.10 bits per heavy atom. The minimum absolute atomic E-state index is 0.308. The maximum Gasteiger partial charge on any atom is 0.339 e. The fourth-order valence-electron chi connectivity index (χ4n) is 2.00. The predicted octanol–water partition coefficient (Wildman–Crippen LogP) is 2.09. The average molecular weight is 281 g/mol. The van der Waals surface area contributed by atoms with Crippen molar-refractivity contribution >= 4 is 11.9 Å². The third-order valence-corrected chi connectivity index (χ3v) is 2.94. The summed E-state index contributed by atoms with van der Waals surface area (Å²) in [7, 11) is 0. The van der Waals surface area contributed by atoms with Crippen LogP contribution in [0.25, 0.3) is 0 Å². The third-order valence-electron chi connectivity index (χ3n) is 2.94. The molecule has 5 nitrogen and oxygen atoms in total. The summed E-state index contributed by atoms with van der Waals surface area (Å²) in [6, 6.07) is 0. The molecule has 1 N–H and O–H groups in total. The second-order valence-electron chi connectivity index (χ2n) is 4.44. The van der Waals surface area contributed by atoms with Crippen LogP contribution in [0.3, 0.4) is 0 Å². The largest absolute Gasteiger partial charge is 0.463 e. The van der Waals surface area contributed by atoms with E-state index >= 15 is 0 Å². The summed E-state index contributed by atoms with van der Waals surface area (Å²) in [5, 5.41) is 3.25. The number of carbonyl (C=O) groups is 2. The molecule has 112 valence electrons. The van der Waals surface area contributed by atoms with Gasteiger partial charge in [0.05, 0.1) is 18.8 Å². The van der Waals surface area contributed by atoms with Gasteiger partial charge in [0, 0.05) is 18.3 Å². The Morgan fingerprint density at radius 3 is 2.55 bits per heavy atom. The van der Waals surface area contributed by atoms with E-state index in [2.05, 4.69) is 5.32 Å². The Balaban J connectivity index is 2.91. The first-order chi connectivity index (χ1) is 9.69. The van der Waals surface area contributed by atoms with Gasteiger partial charge in [-0.2, -0.15) is 0 Å². The first-order valence-corrected chi connectivity index (χ1v) is 7.18. The van der Waals surface area contributed by atoms with Crippen molar-refractivity contribution in [3.8, 4) is 0 Å². The fraction of sp³-hybridized carbons (Fsp3) is 0.600. The van der Waals surface area contributed by atoms with Gasteiger partial charge in [0.2, 0.25) is 0 Å². The van der Waals surface area contributed by atoms with E-state index in [0.717, 1.165) is 37.9 Å². The van der Waals surface area contributed by atoms with Gasteiger partial charge in [0.25, 0.3) is 0 Å². The maximum atomic E-state index is 12.0. The van der Waals surface area contributed by atoms with E-state index in [4.69, 9.17) is 9.47 Å². The van der Waals surface area contributed by atoms with Crippen LogP contribution in [0.15, 0.2) is 23.4 Å². The van der Waals surface area contributed by atoms with Crippen LogP contribution in [0.1, 0.15) is 39.5 Å². The van der Waals surface area contributed by atoms with E-state index < -0.39 is 11.9 Å². The summed E-state index contributed by atoms with van der Waals surface area (Å²) in [4.78, 5) is 23.4. The van der Waals surface area contributed by atoms with Crippen molar-refractivity contribution < 1.29 is 19.1 Å². The second-order valence-corrected chi connectivity index (χ2v) is 4.44. The fourth-order valence-corrected chi connectivity index (χ4v) is 2.00. The van der Waals surface area contributed by atoms with Crippen molar-refractivity contribution in [2.75, 3.05) is 19.8 Å². The van der Waals surface area contributed by atoms with Crippen molar-refractivity contribution in [1.29, 1.82) is 0 Å².